The fourth-order valence-electron chi connectivity index (χ4n) is 3.45. The maximum Gasteiger partial charge on any atom is 0.225 e. The van der Waals surface area contributed by atoms with Crippen molar-refractivity contribution in [2.24, 2.45) is 0 Å². The monoisotopic (exact) mass is 365 g/mol. The maximum absolute atomic E-state index is 12.2. The molecule has 1 aliphatic heterocycles. The Kier molecular flexibility index (Phi) is 7.02. The minimum Gasteiger partial charge on any atom is -0.326 e. The van der Waals surface area contributed by atoms with Crippen LogP contribution in [0, 0.1) is 0 Å². The predicted molar refractivity (Wildman–Crippen MR) is 112 cm³/mol. The highest BCUT2D eigenvalue weighted by atomic mass is 16.1. The second kappa shape index (κ2) is 9.67. The van der Waals surface area contributed by atoms with Gasteiger partial charge in [0, 0.05) is 51.4 Å². The Morgan fingerprint density at radius 3 is 2.19 bits per heavy atom. The van der Waals surface area contributed by atoms with E-state index in [1.807, 2.05) is 12.1 Å². The molecular formula is C23H31N3O. The Bertz CT molecular complexity index is 704. The molecule has 0 radical (unpaired) electrons. The van der Waals surface area contributed by atoms with Crippen molar-refractivity contribution in [1.82, 2.24) is 9.80 Å². The highest BCUT2D eigenvalue weighted by Gasteiger charge is 2.17. The lowest BCUT2D eigenvalue weighted by atomic mass is 10.0. The van der Waals surface area contributed by atoms with E-state index in [-0.39, 0.29) is 5.91 Å². The van der Waals surface area contributed by atoms with Crippen LogP contribution < -0.4 is 5.32 Å². The zero-order valence-corrected chi connectivity index (χ0v) is 16.5. The zero-order valence-electron chi connectivity index (χ0n) is 16.5. The molecule has 0 aliphatic carbocycles. The molecule has 3 rings (SSSR count). The number of nitrogens with zero attached hydrogens (tertiary/aromatic N) is 2. The summed E-state index contributed by atoms with van der Waals surface area (Å²) in [6.07, 6.45) is 0.546. The van der Waals surface area contributed by atoms with Crippen LogP contribution >= 0.6 is 0 Å². The molecule has 0 bridgehead atoms. The molecule has 144 valence electrons. The molecule has 1 saturated heterocycles. The molecule has 1 amide bonds. The molecule has 4 nitrogen and oxygen atoms in total. The van der Waals surface area contributed by atoms with Crippen molar-refractivity contribution < 1.29 is 4.79 Å². The molecule has 0 atom stereocenters. The first kappa shape index (κ1) is 19.6. The number of carbonyl (C=O) groups is 1. The van der Waals surface area contributed by atoms with Crippen molar-refractivity contribution in [2.75, 3.05) is 38.0 Å². The number of nitrogens with one attached hydrogen (secondary N) is 1. The van der Waals surface area contributed by atoms with Gasteiger partial charge in [-0.15, -0.1) is 0 Å². The lowest BCUT2D eigenvalue weighted by Gasteiger charge is -2.34. The Morgan fingerprint density at radius 2 is 1.56 bits per heavy atom. The van der Waals surface area contributed by atoms with Crippen LogP contribution in [0.2, 0.25) is 0 Å². The topological polar surface area (TPSA) is 35.6 Å². The van der Waals surface area contributed by atoms with Gasteiger partial charge < -0.3 is 10.2 Å². The summed E-state index contributed by atoms with van der Waals surface area (Å²) < 4.78 is 0. The predicted octanol–water partition coefficient (Wildman–Crippen LogP) is 3.96. The first-order chi connectivity index (χ1) is 13.1. The van der Waals surface area contributed by atoms with Gasteiger partial charge in [0.2, 0.25) is 5.91 Å². The van der Waals surface area contributed by atoms with Crippen molar-refractivity contribution in [3.05, 3.63) is 65.7 Å². The van der Waals surface area contributed by atoms with E-state index in [9.17, 15) is 4.79 Å². The Labute approximate surface area is 163 Å². The molecule has 4 heteroatoms. The Morgan fingerprint density at radius 1 is 0.926 bits per heavy atom. The van der Waals surface area contributed by atoms with Crippen LogP contribution in [0.5, 0.6) is 0 Å². The Balaban J connectivity index is 1.36. The summed E-state index contributed by atoms with van der Waals surface area (Å²) in [5.41, 5.74) is 3.55. The van der Waals surface area contributed by atoms with Crippen molar-refractivity contribution in [3.63, 3.8) is 0 Å². The third kappa shape index (κ3) is 6.19. The number of rotatable bonds is 7. The number of hydrogen-bond donors (Lipinski definition) is 1. The van der Waals surface area contributed by atoms with Gasteiger partial charge in [-0.25, -0.2) is 0 Å². The second-order valence-electron chi connectivity index (χ2n) is 7.68. The van der Waals surface area contributed by atoms with E-state index >= 15 is 0 Å². The molecule has 2 aromatic carbocycles. The lowest BCUT2D eigenvalue weighted by Crippen LogP contribution is -2.46. The molecular weight excluding hydrogens is 334 g/mol. The van der Waals surface area contributed by atoms with E-state index in [2.05, 4.69) is 71.4 Å². The average Bonchev–Trinajstić information content (AvgIpc) is 2.69. The van der Waals surface area contributed by atoms with Gasteiger partial charge in [-0.2, -0.15) is 0 Å². The van der Waals surface area contributed by atoms with Crippen molar-refractivity contribution >= 4 is 11.6 Å². The molecule has 0 spiro atoms. The summed E-state index contributed by atoms with van der Waals surface area (Å²) in [4.78, 5) is 17.1. The maximum atomic E-state index is 12.2. The van der Waals surface area contributed by atoms with Crippen LogP contribution in [-0.2, 0) is 11.3 Å². The van der Waals surface area contributed by atoms with E-state index < -0.39 is 0 Å². The van der Waals surface area contributed by atoms with Gasteiger partial charge in [0.05, 0.1) is 0 Å². The molecule has 1 fully saturated rings. The molecule has 1 heterocycles. The van der Waals surface area contributed by atoms with Crippen LogP contribution in [-0.4, -0.2) is 48.4 Å². The summed E-state index contributed by atoms with van der Waals surface area (Å²) in [5.74, 6) is 0.606. The fraction of sp³-hybridized carbons (Fsp3) is 0.435. The third-order valence-corrected chi connectivity index (χ3v) is 5.23. The van der Waals surface area contributed by atoms with Gasteiger partial charge in [-0.05, 0) is 29.2 Å². The third-order valence-electron chi connectivity index (χ3n) is 5.23. The van der Waals surface area contributed by atoms with E-state index in [0.29, 0.717) is 12.3 Å². The second-order valence-corrected chi connectivity index (χ2v) is 7.68. The van der Waals surface area contributed by atoms with Gasteiger partial charge in [0.1, 0.15) is 0 Å². The largest absolute Gasteiger partial charge is 0.326 e. The van der Waals surface area contributed by atoms with Crippen molar-refractivity contribution in [1.29, 1.82) is 0 Å². The number of amides is 1. The quantitative estimate of drug-likeness (QED) is 0.807. The number of carbonyl (C=O) groups excluding carboxylic acids is 1. The summed E-state index contributed by atoms with van der Waals surface area (Å²) >= 11 is 0. The first-order valence-corrected chi connectivity index (χ1v) is 9.98. The molecule has 1 N–H and O–H groups in total. The number of piperazine rings is 1. The standard InChI is InChI=1S/C23H31N3O/c1-19(2)21-8-10-22(11-9-21)24-23(27)12-13-25-14-16-26(17-15-25)18-20-6-4-3-5-7-20/h3-11,19H,12-18H2,1-2H3,(H,24,27). The smallest absolute Gasteiger partial charge is 0.225 e. The van der Waals surface area contributed by atoms with Gasteiger partial charge in [-0.1, -0.05) is 56.3 Å². The minimum atomic E-state index is 0.0963. The van der Waals surface area contributed by atoms with Gasteiger partial charge in [0.25, 0.3) is 0 Å². The molecule has 2 aromatic rings. The number of anilines is 1. The molecule has 27 heavy (non-hydrogen) atoms. The minimum absolute atomic E-state index is 0.0963. The number of benzene rings is 2. The van der Waals surface area contributed by atoms with Crippen molar-refractivity contribution in [2.45, 2.75) is 32.7 Å². The molecule has 0 saturated carbocycles. The van der Waals surface area contributed by atoms with Crippen LogP contribution in [0.4, 0.5) is 5.69 Å². The SMILES string of the molecule is CC(C)c1ccc(NC(=O)CCN2CCN(Cc3ccccc3)CC2)cc1. The highest BCUT2D eigenvalue weighted by Crippen LogP contribution is 2.17. The van der Waals surface area contributed by atoms with E-state index in [0.717, 1.165) is 45.0 Å². The summed E-state index contributed by atoms with van der Waals surface area (Å²) in [7, 11) is 0. The van der Waals surface area contributed by atoms with Crippen LogP contribution in [0.3, 0.4) is 0 Å². The Hall–Kier alpha value is -2.17. The van der Waals surface area contributed by atoms with Gasteiger partial charge in [-0.3, -0.25) is 9.69 Å². The van der Waals surface area contributed by atoms with Crippen LogP contribution in [0.25, 0.3) is 0 Å². The first-order valence-electron chi connectivity index (χ1n) is 9.98. The molecule has 0 unspecified atom stereocenters. The fourth-order valence-corrected chi connectivity index (χ4v) is 3.45. The highest BCUT2D eigenvalue weighted by molar-refractivity contribution is 5.90. The summed E-state index contributed by atoms with van der Waals surface area (Å²) in [5, 5.41) is 3.01. The zero-order chi connectivity index (χ0) is 19.1. The van der Waals surface area contributed by atoms with Crippen LogP contribution in [0.1, 0.15) is 37.3 Å². The van der Waals surface area contributed by atoms with Crippen LogP contribution in [0.15, 0.2) is 54.6 Å². The van der Waals surface area contributed by atoms with E-state index in [1.54, 1.807) is 0 Å². The van der Waals surface area contributed by atoms with Gasteiger partial charge >= 0.3 is 0 Å². The average molecular weight is 366 g/mol. The van der Waals surface area contributed by atoms with E-state index in [4.69, 9.17) is 0 Å². The summed E-state index contributed by atoms with van der Waals surface area (Å²) in [6.45, 7) is 10.4. The normalized spacial score (nSPS) is 15.8. The lowest BCUT2D eigenvalue weighted by molar-refractivity contribution is -0.116. The summed E-state index contributed by atoms with van der Waals surface area (Å²) in [6, 6.07) is 18.8. The van der Waals surface area contributed by atoms with E-state index in [1.165, 1.54) is 11.1 Å². The molecule has 1 aliphatic rings. The molecule has 0 aromatic heterocycles. The number of hydrogen-bond acceptors (Lipinski definition) is 3. The van der Waals surface area contributed by atoms with Crippen molar-refractivity contribution in [3.8, 4) is 0 Å². The van der Waals surface area contributed by atoms with Gasteiger partial charge in [0.15, 0.2) is 0 Å².